The molecule has 2 atom stereocenters. The first-order valence-electron chi connectivity index (χ1n) is 12.0. The summed E-state index contributed by atoms with van der Waals surface area (Å²) < 4.78 is 16.0. The standard InChI is InChI=1S/C25H34Cl2N4OS2/c1-5-18-23(33-19-9-6-8-17(26)22(19)27)28-16-21(29-18)31-14-12-25(13-15-31)11-7-10-20(25)30-34(32)24(2,3)4/h6,8-9,16,20,30H,5,7,10-15H2,1-4H3/t20-,34-/m1/s1. The molecule has 9 heteroatoms. The van der Waals surface area contributed by atoms with Crippen molar-refractivity contribution in [1.29, 1.82) is 0 Å². The molecule has 2 aromatic rings. The molecule has 1 aromatic heterocycles. The number of halogens is 2. The fraction of sp³-hybridized carbons (Fsp3) is 0.600. The van der Waals surface area contributed by atoms with Crippen LogP contribution < -0.4 is 9.62 Å². The molecule has 4 rings (SSSR count). The van der Waals surface area contributed by atoms with Crippen LogP contribution in [-0.4, -0.2) is 38.1 Å². The van der Waals surface area contributed by atoms with Crippen molar-refractivity contribution >= 4 is 51.8 Å². The molecule has 2 aliphatic rings. The number of nitrogens with one attached hydrogen (secondary N) is 1. The highest BCUT2D eigenvalue weighted by atomic mass is 35.5. The molecule has 1 saturated heterocycles. The first kappa shape index (κ1) is 26.2. The van der Waals surface area contributed by atoms with E-state index < -0.39 is 11.0 Å². The van der Waals surface area contributed by atoms with E-state index in [1.165, 1.54) is 24.6 Å². The summed E-state index contributed by atoms with van der Waals surface area (Å²) in [7, 11) is -1.03. The van der Waals surface area contributed by atoms with Crippen LogP contribution in [0.5, 0.6) is 0 Å². The Morgan fingerprint density at radius 1 is 1.24 bits per heavy atom. The number of aryl methyl sites for hydroxylation is 1. The van der Waals surface area contributed by atoms with Gasteiger partial charge in [-0.3, -0.25) is 0 Å². The summed E-state index contributed by atoms with van der Waals surface area (Å²) in [5.74, 6) is 0.939. The number of piperidine rings is 1. The fourth-order valence-corrected chi connectivity index (χ4v) is 7.37. The third kappa shape index (κ3) is 5.59. The number of hydrogen-bond donors (Lipinski definition) is 1. The number of rotatable bonds is 6. The zero-order valence-electron chi connectivity index (χ0n) is 20.4. The molecular formula is C25H34Cl2N4OS2. The van der Waals surface area contributed by atoms with Gasteiger partial charge in [0, 0.05) is 24.0 Å². The molecule has 1 N–H and O–H groups in total. The number of aromatic nitrogens is 2. The van der Waals surface area contributed by atoms with Crippen molar-refractivity contribution in [2.75, 3.05) is 18.0 Å². The number of anilines is 1. The average molecular weight is 542 g/mol. The van der Waals surface area contributed by atoms with Crippen LogP contribution in [0.4, 0.5) is 5.82 Å². The summed E-state index contributed by atoms with van der Waals surface area (Å²) in [5.41, 5.74) is 1.21. The minimum atomic E-state index is -1.03. The van der Waals surface area contributed by atoms with Crippen LogP contribution in [0.1, 0.15) is 65.5 Å². The van der Waals surface area contributed by atoms with E-state index in [1.807, 2.05) is 39.1 Å². The van der Waals surface area contributed by atoms with Gasteiger partial charge in [-0.25, -0.2) is 18.9 Å². The normalized spacial score (nSPS) is 21.2. The number of nitrogens with zero attached hydrogens (tertiary/aromatic N) is 3. The van der Waals surface area contributed by atoms with E-state index in [-0.39, 0.29) is 10.2 Å². The molecule has 34 heavy (non-hydrogen) atoms. The molecule has 5 nitrogen and oxygen atoms in total. The van der Waals surface area contributed by atoms with Crippen molar-refractivity contribution in [2.24, 2.45) is 5.41 Å². The number of hydrogen-bond acceptors (Lipinski definition) is 5. The minimum Gasteiger partial charge on any atom is -0.355 e. The summed E-state index contributed by atoms with van der Waals surface area (Å²) in [6.45, 7) is 10.1. The lowest BCUT2D eigenvalue weighted by Crippen LogP contribution is -2.51. The predicted molar refractivity (Wildman–Crippen MR) is 145 cm³/mol. The Balaban J connectivity index is 1.45. The molecule has 1 spiro atoms. The van der Waals surface area contributed by atoms with Gasteiger partial charge in [0.25, 0.3) is 0 Å². The maximum absolute atomic E-state index is 12.8. The maximum Gasteiger partial charge on any atom is 0.147 e. The van der Waals surface area contributed by atoms with E-state index in [0.29, 0.717) is 16.1 Å². The second kappa shape index (κ2) is 10.6. The lowest BCUT2D eigenvalue weighted by molar-refractivity contribution is 0.188. The first-order valence-corrected chi connectivity index (χ1v) is 14.8. The van der Waals surface area contributed by atoms with Gasteiger partial charge in [-0.15, -0.1) is 0 Å². The SMILES string of the molecule is CCc1nc(N2CCC3(CCC[C@H]3N[S@](=O)C(C)(C)C)CC2)cnc1Sc1cccc(Cl)c1Cl. The minimum absolute atomic E-state index is 0.234. The second-order valence-corrected chi connectivity index (χ2v) is 14.1. The van der Waals surface area contributed by atoms with Gasteiger partial charge in [0.1, 0.15) is 10.8 Å². The van der Waals surface area contributed by atoms with Gasteiger partial charge in [0.2, 0.25) is 0 Å². The summed E-state index contributed by atoms with van der Waals surface area (Å²) in [5, 5.41) is 1.96. The van der Waals surface area contributed by atoms with Gasteiger partial charge in [0.15, 0.2) is 0 Å². The lowest BCUT2D eigenvalue weighted by atomic mass is 9.74. The van der Waals surface area contributed by atoms with Crippen molar-refractivity contribution in [2.45, 2.75) is 86.9 Å². The second-order valence-electron chi connectivity index (χ2n) is 10.3. The predicted octanol–water partition coefficient (Wildman–Crippen LogP) is 6.69. The zero-order chi connectivity index (χ0) is 24.5. The molecule has 1 aliphatic carbocycles. The number of benzene rings is 1. The highest BCUT2D eigenvalue weighted by Crippen LogP contribution is 2.47. The highest BCUT2D eigenvalue weighted by molar-refractivity contribution is 7.99. The van der Waals surface area contributed by atoms with Gasteiger partial charge in [-0.2, -0.15) is 0 Å². The van der Waals surface area contributed by atoms with Gasteiger partial charge in [-0.1, -0.05) is 54.4 Å². The lowest BCUT2D eigenvalue weighted by Gasteiger charge is -2.44. The average Bonchev–Trinajstić information content (AvgIpc) is 3.18. The monoisotopic (exact) mass is 540 g/mol. The van der Waals surface area contributed by atoms with Gasteiger partial charge in [-0.05, 0) is 70.4 Å². The topological polar surface area (TPSA) is 58.1 Å². The largest absolute Gasteiger partial charge is 0.355 e. The van der Waals surface area contributed by atoms with E-state index in [1.54, 1.807) is 6.07 Å². The Morgan fingerprint density at radius 2 is 1.97 bits per heavy atom. The van der Waals surface area contributed by atoms with Crippen LogP contribution in [0.25, 0.3) is 0 Å². The van der Waals surface area contributed by atoms with Crippen molar-refractivity contribution in [1.82, 2.24) is 14.7 Å². The summed E-state index contributed by atoms with van der Waals surface area (Å²) in [4.78, 5) is 13.0. The molecule has 1 aromatic carbocycles. The van der Waals surface area contributed by atoms with Crippen LogP contribution in [0.3, 0.4) is 0 Å². The Kier molecular flexibility index (Phi) is 8.20. The fourth-order valence-electron chi connectivity index (χ4n) is 4.95. The summed E-state index contributed by atoms with van der Waals surface area (Å²) in [6, 6.07) is 5.97. The van der Waals surface area contributed by atoms with Crippen LogP contribution >= 0.6 is 35.0 Å². The van der Waals surface area contributed by atoms with E-state index >= 15 is 0 Å². The molecule has 0 amide bonds. The van der Waals surface area contributed by atoms with Crippen molar-refractivity contribution in [3.05, 3.63) is 40.1 Å². The quantitative estimate of drug-likeness (QED) is 0.442. The van der Waals surface area contributed by atoms with E-state index in [2.05, 4.69) is 16.5 Å². The van der Waals surface area contributed by atoms with Gasteiger partial charge in [0.05, 0.1) is 37.7 Å². The van der Waals surface area contributed by atoms with Crippen molar-refractivity contribution < 1.29 is 4.21 Å². The van der Waals surface area contributed by atoms with Crippen LogP contribution in [-0.2, 0) is 17.4 Å². The molecule has 186 valence electrons. The zero-order valence-corrected chi connectivity index (χ0v) is 23.5. The van der Waals surface area contributed by atoms with Crippen LogP contribution in [0.15, 0.2) is 34.3 Å². The smallest absolute Gasteiger partial charge is 0.147 e. The molecule has 2 fully saturated rings. The van der Waals surface area contributed by atoms with Gasteiger partial charge >= 0.3 is 0 Å². The van der Waals surface area contributed by atoms with Crippen molar-refractivity contribution in [3.8, 4) is 0 Å². The van der Waals surface area contributed by atoms with E-state index in [0.717, 1.165) is 60.2 Å². The summed E-state index contributed by atoms with van der Waals surface area (Å²) >= 11 is 14.1. The molecule has 0 radical (unpaired) electrons. The van der Waals surface area contributed by atoms with Crippen molar-refractivity contribution in [3.63, 3.8) is 0 Å². The molecule has 1 aliphatic heterocycles. The van der Waals surface area contributed by atoms with E-state index in [9.17, 15) is 4.21 Å². The third-order valence-corrected chi connectivity index (χ3v) is 10.7. The van der Waals surface area contributed by atoms with Crippen LogP contribution in [0, 0.1) is 5.41 Å². The Bertz CT molecular complexity index is 1050. The Labute approximate surface area is 220 Å². The Morgan fingerprint density at radius 3 is 2.65 bits per heavy atom. The molecule has 0 unspecified atom stereocenters. The molecule has 1 saturated carbocycles. The molecule has 0 bridgehead atoms. The third-order valence-electron chi connectivity index (χ3n) is 7.05. The Hall–Kier alpha value is -0.860. The maximum atomic E-state index is 12.8. The highest BCUT2D eigenvalue weighted by Gasteiger charge is 2.46. The van der Waals surface area contributed by atoms with Crippen LogP contribution in [0.2, 0.25) is 10.0 Å². The molecule has 2 heterocycles. The van der Waals surface area contributed by atoms with E-state index in [4.69, 9.17) is 33.2 Å². The molecular weight excluding hydrogens is 507 g/mol. The first-order chi connectivity index (χ1) is 16.1. The summed E-state index contributed by atoms with van der Waals surface area (Å²) in [6.07, 6.45) is 8.38. The van der Waals surface area contributed by atoms with Gasteiger partial charge < -0.3 is 4.90 Å².